The molecular formula is C10H15Cl2NOS. The smallest absolute Gasteiger partial charge is 0.0991 e. The minimum Gasteiger partial charge on any atom is -0.392 e. The minimum atomic E-state index is -0.305. The van der Waals surface area contributed by atoms with Gasteiger partial charge in [0.15, 0.2) is 0 Å². The Morgan fingerprint density at radius 3 is 2.67 bits per heavy atom. The third kappa shape index (κ3) is 3.93. The first-order valence-electron chi connectivity index (χ1n) is 4.90. The molecule has 1 heterocycles. The average molecular weight is 268 g/mol. The van der Waals surface area contributed by atoms with E-state index in [1.165, 1.54) is 11.3 Å². The average Bonchev–Trinajstić information content (AvgIpc) is 2.53. The Morgan fingerprint density at radius 1 is 1.53 bits per heavy atom. The molecule has 0 radical (unpaired) electrons. The molecular weight excluding hydrogens is 253 g/mol. The first-order valence-corrected chi connectivity index (χ1v) is 6.48. The van der Waals surface area contributed by atoms with Crippen LogP contribution in [0.3, 0.4) is 0 Å². The molecule has 0 aliphatic rings. The molecule has 0 saturated heterocycles. The number of nitrogens with one attached hydrogen (secondary N) is 1. The summed E-state index contributed by atoms with van der Waals surface area (Å²) in [6.07, 6.45) is 0.443. The van der Waals surface area contributed by atoms with Gasteiger partial charge in [-0.1, -0.05) is 30.1 Å². The van der Waals surface area contributed by atoms with E-state index in [-0.39, 0.29) is 12.1 Å². The lowest BCUT2D eigenvalue weighted by molar-refractivity contribution is 0.164. The zero-order valence-corrected chi connectivity index (χ0v) is 11.1. The summed E-state index contributed by atoms with van der Waals surface area (Å²) in [6.45, 7) is 4.53. The Kier molecular flexibility index (Phi) is 5.36. The van der Waals surface area contributed by atoms with Crippen LogP contribution in [0.4, 0.5) is 0 Å². The van der Waals surface area contributed by atoms with Crippen molar-refractivity contribution in [1.82, 2.24) is 5.32 Å². The van der Waals surface area contributed by atoms with Crippen LogP contribution in [0.15, 0.2) is 6.07 Å². The summed E-state index contributed by atoms with van der Waals surface area (Å²) in [5.74, 6) is 0. The zero-order chi connectivity index (χ0) is 11.4. The number of aliphatic hydroxyl groups excluding tert-OH is 1. The maximum atomic E-state index is 9.41. The van der Waals surface area contributed by atoms with E-state index in [9.17, 15) is 5.11 Å². The van der Waals surface area contributed by atoms with Gasteiger partial charge in [0.1, 0.15) is 0 Å². The van der Waals surface area contributed by atoms with Gasteiger partial charge in [0.2, 0.25) is 0 Å². The van der Waals surface area contributed by atoms with E-state index < -0.39 is 0 Å². The van der Waals surface area contributed by atoms with E-state index in [0.29, 0.717) is 15.2 Å². The maximum absolute atomic E-state index is 9.41. The normalized spacial score (nSPS) is 15.3. The van der Waals surface area contributed by atoms with Gasteiger partial charge < -0.3 is 10.4 Å². The van der Waals surface area contributed by atoms with Crippen LogP contribution in [0.1, 0.15) is 31.9 Å². The van der Waals surface area contributed by atoms with Crippen LogP contribution in [0.5, 0.6) is 0 Å². The highest BCUT2D eigenvalue weighted by Gasteiger charge is 2.13. The molecule has 0 aromatic carbocycles. The first kappa shape index (κ1) is 13.3. The number of hydrogen-bond donors (Lipinski definition) is 2. The van der Waals surface area contributed by atoms with Gasteiger partial charge in [-0.2, -0.15) is 0 Å². The van der Waals surface area contributed by atoms with Crippen molar-refractivity contribution >= 4 is 34.5 Å². The lowest BCUT2D eigenvalue weighted by Gasteiger charge is -2.15. The monoisotopic (exact) mass is 267 g/mol. The molecule has 2 unspecified atom stereocenters. The van der Waals surface area contributed by atoms with E-state index in [1.807, 2.05) is 19.9 Å². The summed E-state index contributed by atoms with van der Waals surface area (Å²) in [5.41, 5.74) is 0.995. The fraction of sp³-hybridized carbons (Fsp3) is 0.600. The van der Waals surface area contributed by atoms with Crippen molar-refractivity contribution in [2.24, 2.45) is 0 Å². The molecule has 2 atom stereocenters. The molecule has 86 valence electrons. The third-order valence-corrected chi connectivity index (χ3v) is 3.80. The Bertz CT molecular complexity index is 316. The van der Waals surface area contributed by atoms with Crippen molar-refractivity contribution in [1.29, 1.82) is 0 Å². The number of rotatable bonds is 5. The fourth-order valence-electron chi connectivity index (χ4n) is 1.22. The van der Waals surface area contributed by atoms with Crippen molar-refractivity contribution in [3.8, 4) is 0 Å². The topological polar surface area (TPSA) is 32.3 Å². The van der Waals surface area contributed by atoms with E-state index in [1.54, 1.807) is 0 Å². The molecule has 5 heteroatoms. The molecule has 1 aromatic heterocycles. The second-order valence-corrected chi connectivity index (χ2v) is 5.76. The van der Waals surface area contributed by atoms with E-state index in [2.05, 4.69) is 5.32 Å². The highest BCUT2D eigenvalue weighted by atomic mass is 35.5. The largest absolute Gasteiger partial charge is 0.392 e. The Balaban J connectivity index is 2.53. The van der Waals surface area contributed by atoms with Gasteiger partial charge >= 0.3 is 0 Å². The highest BCUT2D eigenvalue weighted by Crippen LogP contribution is 2.34. The standard InChI is InChI=1S/C10H15Cl2NOS/c1-3-7(14)5-13-6(2)8-4-9(11)15-10(8)12/h4,6-7,13-14H,3,5H2,1-2H3. The molecule has 1 aromatic rings. The van der Waals surface area contributed by atoms with Gasteiger partial charge in [-0.15, -0.1) is 11.3 Å². The molecule has 2 N–H and O–H groups in total. The molecule has 0 aliphatic carbocycles. The zero-order valence-electron chi connectivity index (χ0n) is 8.76. The van der Waals surface area contributed by atoms with Crippen LogP contribution in [0.2, 0.25) is 8.67 Å². The highest BCUT2D eigenvalue weighted by molar-refractivity contribution is 7.20. The number of thiophene rings is 1. The minimum absolute atomic E-state index is 0.113. The molecule has 0 fully saturated rings. The molecule has 15 heavy (non-hydrogen) atoms. The second-order valence-electron chi connectivity index (χ2n) is 3.47. The van der Waals surface area contributed by atoms with Crippen molar-refractivity contribution in [3.05, 3.63) is 20.3 Å². The Labute approximate surface area is 104 Å². The number of halogens is 2. The van der Waals surface area contributed by atoms with Gasteiger partial charge in [0.25, 0.3) is 0 Å². The van der Waals surface area contributed by atoms with Crippen LogP contribution < -0.4 is 5.32 Å². The van der Waals surface area contributed by atoms with Crippen LogP contribution >= 0.6 is 34.5 Å². The van der Waals surface area contributed by atoms with Gasteiger partial charge in [-0.25, -0.2) is 0 Å². The molecule has 0 aliphatic heterocycles. The van der Waals surface area contributed by atoms with Crippen LogP contribution in [-0.4, -0.2) is 17.8 Å². The SMILES string of the molecule is CCC(O)CNC(C)c1cc(Cl)sc1Cl. The third-order valence-electron chi connectivity index (χ3n) is 2.28. The summed E-state index contributed by atoms with van der Waals surface area (Å²) in [5, 5.41) is 12.6. The molecule has 1 rings (SSSR count). The number of aliphatic hydroxyl groups is 1. The van der Waals surface area contributed by atoms with Gasteiger partial charge in [-0.3, -0.25) is 0 Å². The van der Waals surface area contributed by atoms with Crippen LogP contribution in [0, 0.1) is 0 Å². The van der Waals surface area contributed by atoms with Gasteiger partial charge in [0.05, 0.1) is 14.8 Å². The van der Waals surface area contributed by atoms with Gasteiger partial charge in [-0.05, 0) is 25.0 Å². The van der Waals surface area contributed by atoms with Gasteiger partial charge in [0, 0.05) is 12.6 Å². The summed E-state index contributed by atoms with van der Waals surface area (Å²) in [4.78, 5) is 0. The lowest BCUT2D eigenvalue weighted by atomic mass is 10.1. The quantitative estimate of drug-likeness (QED) is 0.857. The van der Waals surface area contributed by atoms with Crippen molar-refractivity contribution in [3.63, 3.8) is 0 Å². The first-order chi connectivity index (χ1) is 7.04. The summed E-state index contributed by atoms with van der Waals surface area (Å²) < 4.78 is 1.41. The summed E-state index contributed by atoms with van der Waals surface area (Å²) in [7, 11) is 0. The molecule has 0 saturated carbocycles. The number of hydrogen-bond acceptors (Lipinski definition) is 3. The molecule has 0 amide bonds. The van der Waals surface area contributed by atoms with E-state index >= 15 is 0 Å². The van der Waals surface area contributed by atoms with Crippen molar-refractivity contribution < 1.29 is 5.11 Å². The Morgan fingerprint density at radius 2 is 2.20 bits per heavy atom. The van der Waals surface area contributed by atoms with Crippen molar-refractivity contribution in [2.75, 3.05) is 6.54 Å². The predicted octanol–water partition coefficient (Wildman–Crippen LogP) is 3.48. The van der Waals surface area contributed by atoms with Crippen LogP contribution in [0.25, 0.3) is 0 Å². The Hall–Kier alpha value is 0.200. The second kappa shape index (κ2) is 6.06. The molecule has 0 spiro atoms. The summed E-state index contributed by atoms with van der Waals surface area (Å²) in [6, 6.07) is 1.98. The van der Waals surface area contributed by atoms with E-state index in [0.717, 1.165) is 12.0 Å². The van der Waals surface area contributed by atoms with E-state index in [4.69, 9.17) is 23.2 Å². The predicted molar refractivity (Wildman–Crippen MR) is 67.1 cm³/mol. The maximum Gasteiger partial charge on any atom is 0.0991 e. The van der Waals surface area contributed by atoms with Crippen LogP contribution in [-0.2, 0) is 0 Å². The molecule has 2 nitrogen and oxygen atoms in total. The fourth-order valence-corrected chi connectivity index (χ4v) is 2.86. The summed E-state index contributed by atoms with van der Waals surface area (Å²) >= 11 is 13.2. The molecule has 0 bridgehead atoms. The van der Waals surface area contributed by atoms with Crippen molar-refractivity contribution in [2.45, 2.75) is 32.4 Å². The lowest BCUT2D eigenvalue weighted by Crippen LogP contribution is -2.28.